The molecule has 0 bridgehead atoms. The van der Waals surface area contributed by atoms with Gasteiger partial charge in [0.05, 0.1) is 10.5 Å². The number of halogens is 3. The van der Waals surface area contributed by atoms with Crippen LogP contribution in [0, 0.1) is 0 Å². The van der Waals surface area contributed by atoms with Crippen molar-refractivity contribution in [3.05, 3.63) is 29.8 Å². The third kappa shape index (κ3) is 6.71. The van der Waals surface area contributed by atoms with Crippen LogP contribution < -0.4 is 10.6 Å². The molecule has 3 amide bonds. The van der Waals surface area contributed by atoms with Gasteiger partial charge in [-0.1, -0.05) is 0 Å². The molecule has 0 unspecified atom stereocenters. The van der Waals surface area contributed by atoms with Gasteiger partial charge in [-0.25, -0.2) is 18.0 Å². The predicted molar refractivity (Wildman–Crippen MR) is 92.3 cm³/mol. The summed E-state index contributed by atoms with van der Waals surface area (Å²) in [6.07, 6.45) is -3.08. The van der Waals surface area contributed by atoms with Crippen LogP contribution in [0.5, 0.6) is 0 Å². The molecule has 1 aliphatic heterocycles. The van der Waals surface area contributed by atoms with Gasteiger partial charge in [-0.05, 0) is 37.1 Å². The molecule has 0 saturated carbocycles. The number of nitrogens with zero attached hydrogens (tertiary/aromatic N) is 1. The summed E-state index contributed by atoms with van der Waals surface area (Å²) in [6.45, 7) is -1.68. The van der Waals surface area contributed by atoms with E-state index in [1.165, 1.54) is 33.9 Å². The number of urea groups is 1. The number of sulfonamides is 1. The van der Waals surface area contributed by atoms with Gasteiger partial charge in [0.25, 0.3) is 5.91 Å². The van der Waals surface area contributed by atoms with Crippen LogP contribution in [0.3, 0.4) is 0 Å². The minimum Gasteiger partial charge on any atom is -0.452 e. The van der Waals surface area contributed by atoms with Crippen molar-refractivity contribution < 1.29 is 40.7 Å². The maximum Gasteiger partial charge on any atom is 0.405 e. The lowest BCUT2D eigenvalue weighted by Crippen LogP contribution is -2.44. The van der Waals surface area contributed by atoms with E-state index in [1.54, 1.807) is 5.32 Å². The SMILES string of the molecule is O=C(COC(=O)c1ccc(S(=O)(=O)N2CCCC2)cc1)NC(=O)NCC(F)(F)F. The zero-order valence-corrected chi connectivity index (χ0v) is 15.8. The number of carbonyl (C=O) groups is 3. The van der Waals surface area contributed by atoms with Crippen molar-refractivity contribution in [2.24, 2.45) is 0 Å². The maximum absolute atomic E-state index is 12.4. The molecule has 0 spiro atoms. The Labute approximate surface area is 164 Å². The van der Waals surface area contributed by atoms with Crippen molar-refractivity contribution in [3.63, 3.8) is 0 Å². The van der Waals surface area contributed by atoms with Crippen molar-refractivity contribution in [1.82, 2.24) is 14.9 Å². The van der Waals surface area contributed by atoms with Gasteiger partial charge in [-0.15, -0.1) is 0 Å². The van der Waals surface area contributed by atoms with Gasteiger partial charge in [-0.2, -0.15) is 17.5 Å². The fraction of sp³-hybridized carbons (Fsp3) is 0.438. The number of imide groups is 1. The molecule has 0 aliphatic carbocycles. The van der Waals surface area contributed by atoms with E-state index in [4.69, 9.17) is 0 Å². The Morgan fingerprint density at radius 2 is 1.66 bits per heavy atom. The summed E-state index contributed by atoms with van der Waals surface area (Å²) >= 11 is 0. The zero-order valence-electron chi connectivity index (χ0n) is 15.0. The summed E-state index contributed by atoms with van der Waals surface area (Å²) < 4.78 is 66.6. The smallest absolute Gasteiger partial charge is 0.405 e. The number of carbonyl (C=O) groups excluding carboxylic acids is 3. The maximum atomic E-state index is 12.4. The Kier molecular flexibility index (Phi) is 7.19. The Bertz CT molecular complexity index is 865. The normalized spacial score (nSPS) is 15.0. The van der Waals surface area contributed by atoms with E-state index in [-0.39, 0.29) is 10.5 Å². The van der Waals surface area contributed by atoms with Crippen LogP contribution in [-0.4, -0.2) is 63.0 Å². The number of hydrogen-bond acceptors (Lipinski definition) is 6. The highest BCUT2D eigenvalue weighted by Crippen LogP contribution is 2.21. The van der Waals surface area contributed by atoms with Crippen LogP contribution in [-0.2, 0) is 19.6 Å². The van der Waals surface area contributed by atoms with Crippen molar-refractivity contribution in [2.75, 3.05) is 26.2 Å². The molecule has 9 nitrogen and oxygen atoms in total. The minimum atomic E-state index is -4.64. The van der Waals surface area contributed by atoms with Gasteiger partial charge in [-0.3, -0.25) is 10.1 Å². The summed E-state index contributed by atoms with van der Waals surface area (Å²) in [5.74, 6) is -2.10. The molecule has 1 heterocycles. The van der Waals surface area contributed by atoms with Gasteiger partial charge in [0, 0.05) is 13.1 Å². The Hall–Kier alpha value is -2.67. The molecule has 0 aromatic heterocycles. The van der Waals surface area contributed by atoms with E-state index in [0.29, 0.717) is 13.1 Å². The van der Waals surface area contributed by atoms with E-state index in [1.807, 2.05) is 0 Å². The monoisotopic (exact) mass is 437 g/mol. The second-order valence-electron chi connectivity index (χ2n) is 6.06. The number of nitrogens with one attached hydrogen (secondary N) is 2. The molecule has 13 heteroatoms. The largest absolute Gasteiger partial charge is 0.452 e. The summed E-state index contributed by atoms with van der Waals surface area (Å²) in [5.41, 5.74) is -0.0419. The molecule has 2 N–H and O–H groups in total. The highest BCUT2D eigenvalue weighted by molar-refractivity contribution is 7.89. The second-order valence-corrected chi connectivity index (χ2v) is 8.00. The third-order valence-corrected chi connectivity index (χ3v) is 5.74. The number of amides is 3. The Morgan fingerprint density at radius 1 is 1.07 bits per heavy atom. The molecule has 0 atom stereocenters. The third-order valence-electron chi connectivity index (χ3n) is 3.83. The van der Waals surface area contributed by atoms with E-state index < -0.39 is 47.3 Å². The second kappa shape index (κ2) is 9.22. The van der Waals surface area contributed by atoms with Gasteiger partial charge in [0.2, 0.25) is 10.0 Å². The van der Waals surface area contributed by atoms with Crippen molar-refractivity contribution in [1.29, 1.82) is 0 Å². The van der Waals surface area contributed by atoms with Crippen molar-refractivity contribution >= 4 is 27.9 Å². The zero-order chi connectivity index (χ0) is 21.7. The summed E-state index contributed by atoms with van der Waals surface area (Å²) in [7, 11) is -3.64. The van der Waals surface area contributed by atoms with Crippen LogP contribution in [0.25, 0.3) is 0 Å². The first-order valence-corrected chi connectivity index (χ1v) is 9.85. The molecule has 1 aliphatic rings. The van der Waals surface area contributed by atoms with Crippen LogP contribution in [0.1, 0.15) is 23.2 Å². The lowest BCUT2D eigenvalue weighted by atomic mass is 10.2. The molecule has 160 valence electrons. The average molecular weight is 437 g/mol. The first-order valence-electron chi connectivity index (χ1n) is 8.41. The van der Waals surface area contributed by atoms with Crippen molar-refractivity contribution in [3.8, 4) is 0 Å². The highest BCUT2D eigenvalue weighted by Gasteiger charge is 2.28. The standard InChI is InChI=1S/C16H18F3N3O6S/c17-16(18,19)10-20-15(25)21-13(23)9-28-14(24)11-3-5-12(6-4-11)29(26,27)22-7-1-2-8-22/h3-6H,1-2,7-10H2,(H2,20,21,23,25). The average Bonchev–Trinajstić information content (AvgIpc) is 3.20. The first-order chi connectivity index (χ1) is 13.5. The van der Waals surface area contributed by atoms with Gasteiger partial charge in [0.1, 0.15) is 6.54 Å². The van der Waals surface area contributed by atoms with E-state index in [9.17, 15) is 36.0 Å². The number of hydrogen-bond donors (Lipinski definition) is 2. The highest BCUT2D eigenvalue weighted by atomic mass is 32.2. The van der Waals surface area contributed by atoms with E-state index in [0.717, 1.165) is 12.8 Å². The molecular weight excluding hydrogens is 419 g/mol. The van der Waals surface area contributed by atoms with Crippen LogP contribution in [0.15, 0.2) is 29.2 Å². The summed E-state index contributed by atoms with van der Waals surface area (Å²) in [4.78, 5) is 34.4. The molecule has 1 aromatic rings. The summed E-state index contributed by atoms with van der Waals surface area (Å²) in [6, 6.07) is 3.49. The molecule has 29 heavy (non-hydrogen) atoms. The van der Waals surface area contributed by atoms with Crippen LogP contribution in [0.4, 0.5) is 18.0 Å². The molecule has 0 radical (unpaired) electrons. The fourth-order valence-corrected chi connectivity index (χ4v) is 3.96. The quantitative estimate of drug-likeness (QED) is 0.641. The van der Waals surface area contributed by atoms with Gasteiger partial charge >= 0.3 is 18.2 Å². The number of alkyl halides is 3. The number of rotatable bonds is 6. The predicted octanol–water partition coefficient (Wildman–Crippen LogP) is 1.02. The fourth-order valence-electron chi connectivity index (χ4n) is 2.44. The molecule has 1 fully saturated rings. The topological polar surface area (TPSA) is 122 Å². The number of ether oxygens (including phenoxy) is 1. The van der Waals surface area contributed by atoms with Crippen molar-refractivity contribution in [2.45, 2.75) is 23.9 Å². The van der Waals surface area contributed by atoms with Gasteiger partial charge in [0.15, 0.2) is 6.61 Å². The molecule has 2 rings (SSSR count). The van der Waals surface area contributed by atoms with E-state index >= 15 is 0 Å². The van der Waals surface area contributed by atoms with Crippen LogP contribution in [0.2, 0.25) is 0 Å². The lowest BCUT2D eigenvalue weighted by molar-refractivity contribution is -0.125. The molecule has 1 saturated heterocycles. The summed E-state index contributed by atoms with van der Waals surface area (Å²) in [5, 5.41) is 2.99. The first kappa shape index (κ1) is 22.6. The Morgan fingerprint density at radius 3 is 2.21 bits per heavy atom. The molecular formula is C16H18F3N3O6S. The number of esters is 1. The number of benzene rings is 1. The Balaban J connectivity index is 1.85. The van der Waals surface area contributed by atoms with E-state index in [2.05, 4.69) is 4.74 Å². The molecule has 1 aromatic carbocycles. The van der Waals surface area contributed by atoms with Crippen LogP contribution >= 0.6 is 0 Å². The minimum absolute atomic E-state index is 0.00929. The lowest BCUT2D eigenvalue weighted by Gasteiger charge is -2.15. The van der Waals surface area contributed by atoms with Gasteiger partial charge < -0.3 is 10.1 Å².